The van der Waals surface area contributed by atoms with Gasteiger partial charge in [-0.1, -0.05) is 0 Å². The molecule has 2 unspecified atom stereocenters. The molecule has 2 aliphatic rings. The fraction of sp³-hybridized carbons (Fsp3) is 0.615. The van der Waals surface area contributed by atoms with Gasteiger partial charge in [-0.3, -0.25) is 9.69 Å². The molecular weight excluding hydrogens is 218 g/mol. The Hall–Kier alpha value is -1.13. The van der Waals surface area contributed by atoms with Gasteiger partial charge in [0.1, 0.15) is 6.26 Å². The highest BCUT2D eigenvalue weighted by atomic mass is 16.5. The normalized spacial score (nSPS) is 33.6. The van der Waals surface area contributed by atoms with Crippen molar-refractivity contribution in [2.75, 3.05) is 20.3 Å². The predicted molar refractivity (Wildman–Crippen MR) is 61.9 cm³/mol. The van der Waals surface area contributed by atoms with Crippen LogP contribution in [0, 0.1) is 5.92 Å². The van der Waals surface area contributed by atoms with E-state index in [4.69, 9.17) is 9.15 Å². The van der Waals surface area contributed by atoms with Gasteiger partial charge < -0.3 is 9.15 Å². The van der Waals surface area contributed by atoms with E-state index in [9.17, 15) is 4.79 Å². The molecule has 17 heavy (non-hydrogen) atoms. The first-order valence-electron chi connectivity index (χ1n) is 6.12. The minimum atomic E-state index is 0.127. The van der Waals surface area contributed by atoms with E-state index in [0.29, 0.717) is 17.6 Å². The highest BCUT2D eigenvalue weighted by Crippen LogP contribution is 2.32. The monoisotopic (exact) mass is 235 g/mol. The molecule has 3 rings (SSSR count). The van der Waals surface area contributed by atoms with E-state index in [1.807, 2.05) is 0 Å². The molecular formula is C13H17NO3. The van der Waals surface area contributed by atoms with Crippen LogP contribution in [0.1, 0.15) is 23.2 Å². The van der Waals surface area contributed by atoms with Crippen LogP contribution in [0.15, 0.2) is 23.0 Å². The summed E-state index contributed by atoms with van der Waals surface area (Å²) in [5, 5.41) is 0. The SMILES string of the molecule is CN1C2COCC1CC(C(=O)c1ccoc1)C2. The first-order chi connectivity index (χ1) is 8.25. The number of piperidine rings is 1. The molecule has 0 N–H and O–H groups in total. The largest absolute Gasteiger partial charge is 0.472 e. The van der Waals surface area contributed by atoms with Crippen LogP contribution in [-0.4, -0.2) is 43.0 Å². The number of rotatable bonds is 2. The van der Waals surface area contributed by atoms with Crippen molar-refractivity contribution in [2.24, 2.45) is 5.92 Å². The molecule has 0 aliphatic carbocycles. The second-order valence-corrected chi connectivity index (χ2v) is 5.06. The fourth-order valence-electron chi connectivity index (χ4n) is 2.95. The molecule has 4 nitrogen and oxygen atoms in total. The second-order valence-electron chi connectivity index (χ2n) is 5.06. The van der Waals surface area contributed by atoms with E-state index in [1.165, 1.54) is 0 Å². The summed E-state index contributed by atoms with van der Waals surface area (Å²) in [4.78, 5) is 14.6. The highest BCUT2D eigenvalue weighted by molar-refractivity contribution is 5.97. The van der Waals surface area contributed by atoms with Crippen LogP contribution in [0.5, 0.6) is 0 Å². The molecule has 0 saturated carbocycles. The number of morpholine rings is 1. The van der Waals surface area contributed by atoms with E-state index in [2.05, 4.69) is 11.9 Å². The summed E-state index contributed by atoms with van der Waals surface area (Å²) in [6.45, 7) is 1.50. The number of ketones is 1. The maximum atomic E-state index is 12.3. The Balaban J connectivity index is 1.76. The molecule has 1 aromatic heterocycles. The van der Waals surface area contributed by atoms with Crippen LogP contribution in [0.3, 0.4) is 0 Å². The third-order valence-electron chi connectivity index (χ3n) is 4.06. The fourth-order valence-corrected chi connectivity index (χ4v) is 2.95. The van der Waals surface area contributed by atoms with Crippen molar-refractivity contribution in [1.29, 1.82) is 0 Å². The van der Waals surface area contributed by atoms with Crippen LogP contribution >= 0.6 is 0 Å². The minimum Gasteiger partial charge on any atom is -0.472 e. The smallest absolute Gasteiger partial charge is 0.169 e. The van der Waals surface area contributed by atoms with Crippen LogP contribution in [0.2, 0.25) is 0 Å². The molecule has 0 spiro atoms. The van der Waals surface area contributed by atoms with Gasteiger partial charge in [0, 0.05) is 18.0 Å². The topological polar surface area (TPSA) is 42.7 Å². The molecule has 2 atom stereocenters. The first-order valence-corrected chi connectivity index (χ1v) is 6.12. The summed E-state index contributed by atoms with van der Waals surface area (Å²) in [7, 11) is 2.14. The molecule has 0 amide bonds. The average molecular weight is 235 g/mol. The van der Waals surface area contributed by atoms with Crippen molar-refractivity contribution in [1.82, 2.24) is 4.90 Å². The molecule has 2 fully saturated rings. The van der Waals surface area contributed by atoms with E-state index >= 15 is 0 Å². The molecule has 4 heteroatoms. The molecule has 1 aromatic rings. The zero-order chi connectivity index (χ0) is 11.8. The van der Waals surface area contributed by atoms with Gasteiger partial charge in [0.2, 0.25) is 0 Å². The molecule has 2 saturated heterocycles. The van der Waals surface area contributed by atoms with E-state index in [-0.39, 0.29) is 11.7 Å². The number of furan rings is 1. The Morgan fingerprint density at radius 2 is 2.06 bits per heavy atom. The highest BCUT2D eigenvalue weighted by Gasteiger charge is 2.39. The van der Waals surface area contributed by atoms with Gasteiger partial charge in [0.25, 0.3) is 0 Å². The van der Waals surface area contributed by atoms with Crippen LogP contribution in [0.4, 0.5) is 0 Å². The lowest BCUT2D eigenvalue weighted by molar-refractivity contribution is -0.0702. The molecule has 92 valence electrons. The maximum absolute atomic E-state index is 12.3. The number of hydrogen-bond donors (Lipinski definition) is 0. The van der Waals surface area contributed by atoms with Crippen molar-refractivity contribution in [3.63, 3.8) is 0 Å². The molecule has 2 bridgehead atoms. The molecule has 3 heterocycles. The van der Waals surface area contributed by atoms with E-state index in [0.717, 1.165) is 26.1 Å². The van der Waals surface area contributed by atoms with Crippen molar-refractivity contribution in [2.45, 2.75) is 24.9 Å². The zero-order valence-corrected chi connectivity index (χ0v) is 9.96. The lowest BCUT2D eigenvalue weighted by atomic mass is 9.81. The summed E-state index contributed by atoms with van der Waals surface area (Å²) in [6.07, 6.45) is 4.91. The number of fused-ring (bicyclic) bond motifs is 2. The Bertz CT molecular complexity index is 387. The number of likely N-dealkylation sites (N-methyl/N-ethyl adjacent to an activating group) is 1. The second kappa shape index (κ2) is 4.27. The van der Waals surface area contributed by atoms with Crippen molar-refractivity contribution in [3.8, 4) is 0 Å². The zero-order valence-electron chi connectivity index (χ0n) is 9.96. The van der Waals surface area contributed by atoms with Gasteiger partial charge in [-0.2, -0.15) is 0 Å². The van der Waals surface area contributed by atoms with E-state index in [1.54, 1.807) is 18.6 Å². The Morgan fingerprint density at radius 3 is 2.65 bits per heavy atom. The summed E-state index contributed by atoms with van der Waals surface area (Å²) in [5.74, 6) is 0.353. The maximum Gasteiger partial charge on any atom is 0.169 e. The number of Topliss-reactive ketones (excluding diaryl/α,β-unsaturated/α-hetero) is 1. The van der Waals surface area contributed by atoms with Gasteiger partial charge in [-0.05, 0) is 26.0 Å². The van der Waals surface area contributed by atoms with Gasteiger partial charge >= 0.3 is 0 Å². The number of carbonyl (C=O) groups is 1. The number of hydrogen-bond acceptors (Lipinski definition) is 4. The third kappa shape index (κ3) is 1.91. The van der Waals surface area contributed by atoms with Gasteiger partial charge in [0.05, 0.1) is 25.0 Å². The Morgan fingerprint density at radius 1 is 1.35 bits per heavy atom. The van der Waals surface area contributed by atoms with Gasteiger partial charge in [-0.15, -0.1) is 0 Å². The van der Waals surface area contributed by atoms with Crippen LogP contribution in [-0.2, 0) is 4.74 Å². The first kappa shape index (κ1) is 11.0. The van der Waals surface area contributed by atoms with Crippen molar-refractivity contribution in [3.05, 3.63) is 24.2 Å². The quantitative estimate of drug-likeness (QED) is 0.730. The lowest BCUT2D eigenvalue weighted by Crippen LogP contribution is -2.55. The standard InChI is InChI=1S/C13H17NO3/c1-14-11-4-10(5-12(14)8-17-7-11)13(15)9-2-3-16-6-9/h2-3,6,10-12H,4-5,7-8H2,1H3. The average Bonchev–Trinajstić information content (AvgIpc) is 2.81. The summed E-state index contributed by atoms with van der Waals surface area (Å²) in [5.41, 5.74) is 0.707. The minimum absolute atomic E-state index is 0.127. The van der Waals surface area contributed by atoms with Crippen LogP contribution < -0.4 is 0 Å². The summed E-state index contributed by atoms with van der Waals surface area (Å²) in [6, 6.07) is 2.54. The molecule has 0 aromatic carbocycles. The number of nitrogens with zero attached hydrogens (tertiary/aromatic N) is 1. The summed E-state index contributed by atoms with van der Waals surface area (Å²) >= 11 is 0. The van der Waals surface area contributed by atoms with Gasteiger partial charge in [-0.25, -0.2) is 0 Å². The molecule has 0 radical (unpaired) electrons. The lowest BCUT2D eigenvalue weighted by Gasteiger charge is -2.46. The third-order valence-corrected chi connectivity index (χ3v) is 4.06. The predicted octanol–water partition coefficient (Wildman–Crippen LogP) is 1.57. The summed E-state index contributed by atoms with van der Waals surface area (Å²) < 4.78 is 10.5. The molecule has 2 aliphatic heterocycles. The van der Waals surface area contributed by atoms with Crippen molar-refractivity contribution >= 4 is 5.78 Å². The van der Waals surface area contributed by atoms with Crippen molar-refractivity contribution < 1.29 is 13.9 Å². The Labute approximate surface area is 101 Å². The Kier molecular flexibility index (Phi) is 2.76. The van der Waals surface area contributed by atoms with Gasteiger partial charge in [0.15, 0.2) is 5.78 Å². The van der Waals surface area contributed by atoms with E-state index < -0.39 is 0 Å². The number of ether oxygens (including phenoxy) is 1. The number of carbonyl (C=O) groups excluding carboxylic acids is 1. The van der Waals surface area contributed by atoms with Crippen LogP contribution in [0.25, 0.3) is 0 Å².